The van der Waals surface area contributed by atoms with Crippen molar-refractivity contribution in [3.63, 3.8) is 0 Å². The van der Waals surface area contributed by atoms with Gasteiger partial charge in [-0.05, 0) is 36.0 Å². The van der Waals surface area contributed by atoms with Crippen LogP contribution in [0.4, 0.5) is 0 Å². The van der Waals surface area contributed by atoms with Crippen molar-refractivity contribution in [1.29, 1.82) is 0 Å². The highest BCUT2D eigenvalue weighted by atomic mass is 16.2. The van der Waals surface area contributed by atoms with Gasteiger partial charge in [-0.2, -0.15) is 0 Å². The van der Waals surface area contributed by atoms with E-state index in [1.54, 1.807) is 6.07 Å². The maximum absolute atomic E-state index is 13.1. The van der Waals surface area contributed by atoms with Crippen LogP contribution in [-0.2, 0) is 11.3 Å². The third-order valence-electron chi connectivity index (χ3n) is 6.02. The highest BCUT2D eigenvalue weighted by Gasteiger charge is 2.49. The van der Waals surface area contributed by atoms with Crippen molar-refractivity contribution >= 4 is 16.8 Å². The molecule has 2 aliphatic rings. The smallest absolute Gasteiger partial charge is 0.258 e. The summed E-state index contributed by atoms with van der Waals surface area (Å²) in [5.74, 6) is 0.789. The summed E-state index contributed by atoms with van der Waals surface area (Å²) < 4.78 is 0. The van der Waals surface area contributed by atoms with Gasteiger partial charge in [0.2, 0.25) is 5.91 Å². The normalized spacial score (nSPS) is 25.3. The largest absolute Gasteiger partial charge is 0.352 e. The Morgan fingerprint density at radius 2 is 1.79 bits per heavy atom. The first-order valence-electron chi connectivity index (χ1n) is 9.69. The zero-order valence-corrected chi connectivity index (χ0v) is 15.3. The van der Waals surface area contributed by atoms with Crippen LogP contribution >= 0.6 is 0 Å². The standard InChI is InChI=1S/C23H21N3O2/c27-22-17-8-4-5-9-18(17)25-21(26-22)19-15-10-11-16(12-15)20(19)23(28)24-13-14-6-2-1-3-7-14/h1-11,15-16,19-20H,12-13H2,(H,24,28)(H,25,26,27)/t15-,16-,19+,20+/m0/s1. The molecule has 1 saturated carbocycles. The monoisotopic (exact) mass is 371 g/mol. The molecular formula is C23H21N3O2. The minimum absolute atomic E-state index is 0.0292. The van der Waals surface area contributed by atoms with E-state index in [0.717, 1.165) is 12.0 Å². The average Bonchev–Trinajstić information content (AvgIpc) is 3.34. The summed E-state index contributed by atoms with van der Waals surface area (Å²) in [4.78, 5) is 33.3. The Morgan fingerprint density at radius 3 is 2.64 bits per heavy atom. The molecule has 5 heteroatoms. The summed E-state index contributed by atoms with van der Waals surface area (Å²) in [6.45, 7) is 0.506. The molecule has 5 nitrogen and oxygen atoms in total. The van der Waals surface area contributed by atoms with Crippen LogP contribution in [0.25, 0.3) is 10.9 Å². The summed E-state index contributed by atoms with van der Waals surface area (Å²) in [6.07, 6.45) is 5.25. The zero-order valence-electron chi connectivity index (χ0n) is 15.3. The molecule has 0 radical (unpaired) electrons. The first-order valence-corrected chi connectivity index (χ1v) is 9.69. The fraction of sp³-hybridized carbons (Fsp3) is 0.261. The third-order valence-corrected chi connectivity index (χ3v) is 6.02. The van der Waals surface area contributed by atoms with E-state index in [0.29, 0.717) is 23.3 Å². The number of nitrogens with zero attached hydrogens (tertiary/aromatic N) is 1. The van der Waals surface area contributed by atoms with Crippen molar-refractivity contribution in [2.24, 2.45) is 17.8 Å². The first-order chi connectivity index (χ1) is 13.7. The van der Waals surface area contributed by atoms with E-state index in [4.69, 9.17) is 4.98 Å². The summed E-state index contributed by atoms with van der Waals surface area (Å²) in [6, 6.07) is 17.2. The Kier molecular flexibility index (Phi) is 4.08. The second-order valence-electron chi connectivity index (χ2n) is 7.67. The van der Waals surface area contributed by atoms with Gasteiger partial charge >= 0.3 is 0 Å². The van der Waals surface area contributed by atoms with E-state index in [1.807, 2.05) is 48.5 Å². The molecular weight excluding hydrogens is 350 g/mol. The summed E-state index contributed by atoms with van der Waals surface area (Å²) in [5.41, 5.74) is 1.61. The molecule has 0 spiro atoms. The van der Waals surface area contributed by atoms with E-state index < -0.39 is 0 Å². The minimum Gasteiger partial charge on any atom is -0.352 e. The Morgan fingerprint density at radius 1 is 1.04 bits per heavy atom. The van der Waals surface area contributed by atoms with Crippen LogP contribution in [0.3, 0.4) is 0 Å². The highest BCUT2D eigenvalue weighted by Crippen LogP contribution is 2.52. The molecule has 1 amide bonds. The number of aromatic nitrogens is 2. The quantitative estimate of drug-likeness (QED) is 0.692. The molecule has 28 heavy (non-hydrogen) atoms. The lowest BCUT2D eigenvalue weighted by Gasteiger charge is -2.26. The summed E-state index contributed by atoms with van der Waals surface area (Å²) in [7, 11) is 0. The molecule has 5 rings (SSSR count). The number of carbonyl (C=O) groups excluding carboxylic acids is 1. The van der Waals surface area contributed by atoms with Gasteiger partial charge in [-0.25, -0.2) is 4.98 Å². The molecule has 1 aromatic heterocycles. The number of aromatic amines is 1. The van der Waals surface area contributed by atoms with E-state index in [9.17, 15) is 9.59 Å². The molecule has 2 aromatic carbocycles. The third kappa shape index (κ3) is 2.83. The van der Waals surface area contributed by atoms with E-state index in [-0.39, 0.29) is 35.1 Å². The highest BCUT2D eigenvalue weighted by molar-refractivity contribution is 5.82. The van der Waals surface area contributed by atoms with Gasteiger partial charge in [-0.3, -0.25) is 9.59 Å². The number of amides is 1. The number of para-hydroxylation sites is 1. The van der Waals surface area contributed by atoms with Crippen molar-refractivity contribution in [3.05, 3.63) is 88.5 Å². The number of rotatable bonds is 4. The number of allylic oxidation sites excluding steroid dienone is 2. The van der Waals surface area contributed by atoms with Gasteiger partial charge in [-0.1, -0.05) is 54.6 Å². The molecule has 1 fully saturated rings. The number of carbonyl (C=O) groups is 1. The molecule has 0 saturated heterocycles. The van der Waals surface area contributed by atoms with Gasteiger partial charge in [0, 0.05) is 12.5 Å². The lowest BCUT2D eigenvalue weighted by Crippen LogP contribution is -2.37. The van der Waals surface area contributed by atoms with Crippen molar-refractivity contribution in [2.45, 2.75) is 18.9 Å². The summed E-state index contributed by atoms with van der Waals surface area (Å²) >= 11 is 0. The van der Waals surface area contributed by atoms with Gasteiger partial charge in [0.05, 0.1) is 16.8 Å². The van der Waals surface area contributed by atoms with Gasteiger partial charge in [0.15, 0.2) is 0 Å². The molecule has 0 aliphatic heterocycles. The van der Waals surface area contributed by atoms with Crippen LogP contribution < -0.4 is 10.9 Å². The summed E-state index contributed by atoms with van der Waals surface area (Å²) in [5, 5.41) is 3.66. The number of fused-ring (bicyclic) bond motifs is 3. The van der Waals surface area contributed by atoms with Crippen LogP contribution in [0, 0.1) is 17.8 Å². The van der Waals surface area contributed by atoms with Gasteiger partial charge < -0.3 is 10.3 Å². The number of benzene rings is 2. The van der Waals surface area contributed by atoms with Gasteiger partial charge in [0.25, 0.3) is 5.56 Å². The van der Waals surface area contributed by atoms with Crippen LogP contribution in [0.15, 0.2) is 71.5 Å². The molecule has 2 bridgehead atoms. The van der Waals surface area contributed by atoms with Crippen LogP contribution in [0.5, 0.6) is 0 Å². The van der Waals surface area contributed by atoms with Crippen LogP contribution in [0.2, 0.25) is 0 Å². The molecule has 2 N–H and O–H groups in total. The minimum atomic E-state index is -0.206. The van der Waals surface area contributed by atoms with Crippen molar-refractivity contribution < 1.29 is 4.79 Å². The number of nitrogens with one attached hydrogen (secondary N) is 2. The topological polar surface area (TPSA) is 74.8 Å². The lowest BCUT2D eigenvalue weighted by molar-refractivity contribution is -0.126. The predicted molar refractivity (Wildman–Crippen MR) is 108 cm³/mol. The van der Waals surface area contributed by atoms with Crippen molar-refractivity contribution in [1.82, 2.24) is 15.3 Å². The van der Waals surface area contributed by atoms with Crippen LogP contribution in [-0.4, -0.2) is 15.9 Å². The Bertz CT molecular complexity index is 1120. The maximum Gasteiger partial charge on any atom is 0.258 e. The molecule has 2 aliphatic carbocycles. The SMILES string of the molecule is O=C(NCc1ccccc1)[C@H]1[C@H](c2nc3ccccc3c(=O)[nH]2)[C@H]2C=C[C@H]1C2. The van der Waals surface area contributed by atoms with E-state index in [1.165, 1.54) is 0 Å². The average molecular weight is 371 g/mol. The Balaban J connectivity index is 1.45. The fourth-order valence-corrected chi connectivity index (χ4v) is 4.72. The predicted octanol–water partition coefficient (Wildman–Crippen LogP) is 3.15. The Hall–Kier alpha value is -3.21. The first kappa shape index (κ1) is 16.9. The maximum atomic E-state index is 13.1. The van der Waals surface area contributed by atoms with Crippen molar-refractivity contribution in [3.8, 4) is 0 Å². The number of hydrogen-bond acceptors (Lipinski definition) is 3. The number of H-pyrrole nitrogens is 1. The molecule has 0 unspecified atom stereocenters. The molecule has 3 aromatic rings. The van der Waals surface area contributed by atoms with Crippen molar-refractivity contribution in [2.75, 3.05) is 0 Å². The number of hydrogen-bond donors (Lipinski definition) is 2. The molecule has 4 atom stereocenters. The van der Waals surface area contributed by atoms with Gasteiger partial charge in [0.1, 0.15) is 5.82 Å². The van der Waals surface area contributed by atoms with E-state index >= 15 is 0 Å². The molecule has 1 heterocycles. The van der Waals surface area contributed by atoms with Crippen LogP contribution in [0.1, 0.15) is 23.7 Å². The molecule has 140 valence electrons. The second kappa shape index (κ2) is 6.75. The van der Waals surface area contributed by atoms with E-state index in [2.05, 4.69) is 22.5 Å². The zero-order chi connectivity index (χ0) is 19.1. The second-order valence-corrected chi connectivity index (χ2v) is 7.67. The lowest BCUT2D eigenvalue weighted by atomic mass is 9.81. The van der Waals surface area contributed by atoms with Gasteiger partial charge in [-0.15, -0.1) is 0 Å². The Labute approximate surface area is 162 Å². The fourth-order valence-electron chi connectivity index (χ4n) is 4.72.